The minimum Gasteiger partial charge on any atom is -0.264 e. The van der Waals surface area contributed by atoms with Crippen LogP contribution in [0.4, 0.5) is 0 Å². The Labute approximate surface area is 149 Å². The molecule has 0 bridgehead atoms. The van der Waals surface area contributed by atoms with Crippen molar-refractivity contribution in [1.82, 2.24) is 19.5 Å². The summed E-state index contributed by atoms with van der Waals surface area (Å²) < 4.78 is 26.7. The van der Waals surface area contributed by atoms with Gasteiger partial charge in [-0.3, -0.25) is 4.79 Å². The number of carbonyl (C=O) groups excluding carboxylic acids is 1. The molecule has 1 aliphatic rings. The SMILES string of the molecule is Cc1nc(C(=O)NS(=O)(=O)C2(C)CC2)nn1-c1c(Cl)cccc1Cl. The van der Waals surface area contributed by atoms with Crippen molar-refractivity contribution >= 4 is 39.1 Å². The van der Waals surface area contributed by atoms with E-state index in [0.717, 1.165) is 0 Å². The Morgan fingerprint density at radius 3 is 2.42 bits per heavy atom. The van der Waals surface area contributed by atoms with Gasteiger partial charge in [-0.25, -0.2) is 22.8 Å². The number of rotatable bonds is 4. The molecule has 1 aliphatic carbocycles. The molecule has 24 heavy (non-hydrogen) atoms. The minimum absolute atomic E-state index is 0.267. The molecule has 1 heterocycles. The van der Waals surface area contributed by atoms with Gasteiger partial charge >= 0.3 is 5.91 Å². The highest BCUT2D eigenvalue weighted by Gasteiger charge is 2.51. The first kappa shape index (κ1) is 17.2. The zero-order valence-electron chi connectivity index (χ0n) is 12.9. The van der Waals surface area contributed by atoms with Crippen molar-refractivity contribution < 1.29 is 13.2 Å². The summed E-state index contributed by atoms with van der Waals surface area (Å²) in [6.07, 6.45) is 1.04. The molecule has 0 atom stereocenters. The van der Waals surface area contributed by atoms with E-state index < -0.39 is 20.7 Å². The lowest BCUT2D eigenvalue weighted by atomic mass is 10.3. The first-order valence-electron chi connectivity index (χ1n) is 7.09. The van der Waals surface area contributed by atoms with Crippen molar-refractivity contribution in [3.63, 3.8) is 0 Å². The number of amides is 1. The van der Waals surface area contributed by atoms with Gasteiger partial charge in [0.2, 0.25) is 15.8 Å². The van der Waals surface area contributed by atoms with Crippen molar-refractivity contribution in [2.75, 3.05) is 0 Å². The number of aryl methyl sites for hydroxylation is 1. The average molecular weight is 389 g/mol. The van der Waals surface area contributed by atoms with E-state index in [4.69, 9.17) is 23.2 Å². The van der Waals surface area contributed by atoms with Gasteiger partial charge in [-0.2, -0.15) is 0 Å². The molecule has 1 aromatic carbocycles. The van der Waals surface area contributed by atoms with Crippen LogP contribution < -0.4 is 4.72 Å². The molecule has 128 valence electrons. The van der Waals surface area contributed by atoms with E-state index >= 15 is 0 Å². The van der Waals surface area contributed by atoms with Crippen LogP contribution in [0.25, 0.3) is 5.69 Å². The summed E-state index contributed by atoms with van der Waals surface area (Å²) in [6.45, 7) is 3.20. The van der Waals surface area contributed by atoms with Gasteiger partial charge in [-0.15, -0.1) is 5.10 Å². The van der Waals surface area contributed by atoms with Gasteiger partial charge < -0.3 is 0 Å². The van der Waals surface area contributed by atoms with Crippen molar-refractivity contribution in [1.29, 1.82) is 0 Å². The fourth-order valence-corrected chi connectivity index (χ4v) is 3.90. The number of nitrogens with one attached hydrogen (secondary N) is 1. The van der Waals surface area contributed by atoms with Crippen LogP contribution in [0.3, 0.4) is 0 Å². The molecule has 0 unspecified atom stereocenters. The molecule has 3 rings (SSSR count). The fraction of sp³-hybridized carbons (Fsp3) is 0.357. The van der Waals surface area contributed by atoms with Crippen LogP contribution in [0.5, 0.6) is 0 Å². The van der Waals surface area contributed by atoms with Gasteiger partial charge in [0.05, 0.1) is 14.8 Å². The van der Waals surface area contributed by atoms with Gasteiger partial charge in [0.1, 0.15) is 11.5 Å². The summed E-state index contributed by atoms with van der Waals surface area (Å²) >= 11 is 12.3. The summed E-state index contributed by atoms with van der Waals surface area (Å²) in [5.41, 5.74) is 0.377. The Balaban J connectivity index is 1.93. The smallest absolute Gasteiger partial charge is 0.264 e. The van der Waals surface area contributed by atoms with E-state index in [-0.39, 0.29) is 5.82 Å². The molecule has 0 spiro atoms. The topological polar surface area (TPSA) is 93.9 Å². The highest BCUT2D eigenvalue weighted by molar-refractivity contribution is 7.91. The first-order chi connectivity index (χ1) is 11.1. The van der Waals surface area contributed by atoms with Crippen LogP contribution in [-0.4, -0.2) is 33.8 Å². The summed E-state index contributed by atoms with van der Waals surface area (Å²) in [5, 5.41) is 4.72. The summed E-state index contributed by atoms with van der Waals surface area (Å²) in [5.74, 6) is -0.797. The van der Waals surface area contributed by atoms with Crippen LogP contribution >= 0.6 is 23.2 Å². The monoisotopic (exact) mass is 388 g/mol. The molecular weight excluding hydrogens is 375 g/mol. The normalized spacial score (nSPS) is 16.0. The third kappa shape index (κ3) is 2.89. The number of hydrogen-bond donors (Lipinski definition) is 1. The third-order valence-electron chi connectivity index (χ3n) is 3.95. The zero-order valence-corrected chi connectivity index (χ0v) is 15.2. The van der Waals surface area contributed by atoms with Gasteiger partial charge in [-0.1, -0.05) is 29.3 Å². The number of aromatic nitrogens is 3. The van der Waals surface area contributed by atoms with Crippen LogP contribution in [-0.2, 0) is 10.0 Å². The van der Waals surface area contributed by atoms with Gasteiger partial charge in [-0.05, 0) is 38.8 Å². The Morgan fingerprint density at radius 2 is 1.88 bits per heavy atom. The average Bonchev–Trinajstić information content (AvgIpc) is 3.13. The van der Waals surface area contributed by atoms with Crippen LogP contribution in [0.2, 0.25) is 10.0 Å². The van der Waals surface area contributed by atoms with E-state index in [9.17, 15) is 13.2 Å². The van der Waals surface area contributed by atoms with E-state index in [1.54, 1.807) is 32.0 Å². The Bertz CT molecular complexity index is 915. The van der Waals surface area contributed by atoms with E-state index in [2.05, 4.69) is 10.1 Å². The Hall–Kier alpha value is -1.64. The van der Waals surface area contributed by atoms with E-state index in [1.807, 2.05) is 4.72 Å². The maximum absolute atomic E-state index is 12.2. The number of nitrogens with zero attached hydrogens (tertiary/aromatic N) is 3. The molecule has 1 saturated carbocycles. The lowest BCUT2D eigenvalue weighted by molar-refractivity contribution is 0.0971. The van der Waals surface area contributed by atoms with Crippen molar-refractivity contribution in [3.05, 3.63) is 39.9 Å². The lowest BCUT2D eigenvalue weighted by Gasteiger charge is -2.10. The molecule has 1 amide bonds. The lowest BCUT2D eigenvalue weighted by Crippen LogP contribution is -2.38. The van der Waals surface area contributed by atoms with Crippen molar-refractivity contribution in [2.45, 2.75) is 31.4 Å². The largest absolute Gasteiger partial charge is 0.304 e. The number of carbonyl (C=O) groups is 1. The van der Waals surface area contributed by atoms with Crippen LogP contribution in [0.15, 0.2) is 18.2 Å². The van der Waals surface area contributed by atoms with Crippen LogP contribution in [0.1, 0.15) is 36.2 Å². The molecule has 0 saturated heterocycles. The van der Waals surface area contributed by atoms with Crippen LogP contribution in [0, 0.1) is 6.92 Å². The molecule has 0 radical (unpaired) electrons. The molecular formula is C14H14Cl2N4O3S. The number of para-hydroxylation sites is 1. The van der Waals surface area contributed by atoms with Gasteiger partial charge in [0, 0.05) is 0 Å². The number of benzene rings is 1. The molecule has 0 aliphatic heterocycles. The number of hydrogen-bond acceptors (Lipinski definition) is 5. The second-order valence-electron chi connectivity index (χ2n) is 5.85. The quantitative estimate of drug-likeness (QED) is 0.867. The van der Waals surface area contributed by atoms with Gasteiger partial charge in [0.15, 0.2) is 0 Å². The Morgan fingerprint density at radius 1 is 1.29 bits per heavy atom. The molecule has 1 fully saturated rings. The minimum atomic E-state index is -3.76. The predicted molar refractivity (Wildman–Crippen MR) is 90.1 cm³/mol. The molecule has 10 heteroatoms. The second-order valence-corrected chi connectivity index (χ2v) is 8.86. The standard InChI is InChI=1S/C14H14Cl2N4O3S/c1-8-17-12(13(21)19-24(22,23)14(2)6-7-14)18-20(8)11-9(15)4-3-5-10(11)16/h3-5H,6-7H2,1-2H3,(H,19,21). The molecule has 7 nitrogen and oxygen atoms in total. The van der Waals surface area contributed by atoms with E-state index in [0.29, 0.717) is 34.4 Å². The molecule has 1 aromatic heterocycles. The maximum Gasteiger partial charge on any atom is 0.304 e. The van der Waals surface area contributed by atoms with Crippen molar-refractivity contribution in [3.8, 4) is 5.69 Å². The van der Waals surface area contributed by atoms with E-state index in [1.165, 1.54) is 4.68 Å². The highest BCUT2D eigenvalue weighted by Crippen LogP contribution is 2.42. The summed E-state index contributed by atoms with van der Waals surface area (Å²) in [4.78, 5) is 16.2. The van der Waals surface area contributed by atoms with Gasteiger partial charge in [0.25, 0.3) is 0 Å². The maximum atomic E-state index is 12.2. The first-order valence-corrected chi connectivity index (χ1v) is 9.33. The molecule has 2 aromatic rings. The second kappa shape index (κ2) is 5.72. The summed E-state index contributed by atoms with van der Waals surface area (Å²) in [6, 6.07) is 4.93. The number of sulfonamides is 1. The van der Waals surface area contributed by atoms with Crippen molar-refractivity contribution in [2.24, 2.45) is 0 Å². The fourth-order valence-electron chi connectivity index (χ4n) is 2.13. The number of halogens is 2. The highest BCUT2D eigenvalue weighted by atomic mass is 35.5. The molecule has 1 N–H and O–H groups in total. The summed E-state index contributed by atoms with van der Waals surface area (Å²) in [7, 11) is -3.76. The third-order valence-corrected chi connectivity index (χ3v) is 6.72. The zero-order chi connectivity index (χ0) is 17.7. The predicted octanol–water partition coefficient (Wildman–Crippen LogP) is 2.49. The Kier molecular flexibility index (Phi) is 4.09.